The molecule has 6 heteroatoms. The van der Waals surface area contributed by atoms with E-state index in [0.29, 0.717) is 19.0 Å². The fourth-order valence-corrected chi connectivity index (χ4v) is 1.40. The van der Waals surface area contributed by atoms with Crippen LogP contribution in [0.15, 0.2) is 42.2 Å². The third kappa shape index (κ3) is 2.60. The van der Waals surface area contributed by atoms with Gasteiger partial charge >= 0.3 is 0 Å². The lowest BCUT2D eigenvalue weighted by Gasteiger charge is -2.03. The van der Waals surface area contributed by atoms with Gasteiger partial charge in [0.1, 0.15) is 0 Å². The van der Waals surface area contributed by atoms with Gasteiger partial charge in [0.25, 0.3) is 0 Å². The quantitative estimate of drug-likeness (QED) is 0.450. The van der Waals surface area contributed by atoms with Gasteiger partial charge in [0, 0.05) is 18.8 Å². The Labute approximate surface area is 98.9 Å². The van der Waals surface area contributed by atoms with E-state index in [4.69, 9.17) is 5.73 Å². The van der Waals surface area contributed by atoms with Gasteiger partial charge in [-0.1, -0.05) is 6.08 Å². The maximum absolute atomic E-state index is 5.67. The van der Waals surface area contributed by atoms with E-state index in [1.807, 2.05) is 12.1 Å². The summed E-state index contributed by atoms with van der Waals surface area (Å²) in [5.41, 5.74) is 7.41. The van der Waals surface area contributed by atoms with E-state index in [0.717, 1.165) is 11.3 Å². The van der Waals surface area contributed by atoms with Crippen molar-refractivity contribution in [3.05, 3.63) is 42.9 Å². The van der Waals surface area contributed by atoms with Gasteiger partial charge in [0.15, 0.2) is 11.6 Å². The van der Waals surface area contributed by atoms with E-state index in [2.05, 4.69) is 27.0 Å². The van der Waals surface area contributed by atoms with Crippen molar-refractivity contribution in [3.8, 4) is 0 Å². The number of rotatable bonds is 4. The molecule has 0 amide bonds. The molecule has 0 fully saturated rings. The van der Waals surface area contributed by atoms with Gasteiger partial charge in [-0.3, -0.25) is 0 Å². The van der Waals surface area contributed by atoms with E-state index in [-0.39, 0.29) is 0 Å². The van der Waals surface area contributed by atoms with E-state index >= 15 is 0 Å². The molecule has 0 radical (unpaired) electrons. The minimum atomic E-state index is 0.391. The molecule has 88 valence electrons. The highest BCUT2D eigenvalue weighted by atomic mass is 15.3. The topological polar surface area (TPSA) is 80.6 Å². The first-order valence-corrected chi connectivity index (χ1v) is 5.23. The summed E-state index contributed by atoms with van der Waals surface area (Å²) in [6.07, 6.45) is 5.16. The van der Waals surface area contributed by atoms with Crippen molar-refractivity contribution in [1.82, 2.24) is 19.9 Å². The molecule has 0 aliphatic carbocycles. The Balaban J connectivity index is 2.13. The van der Waals surface area contributed by atoms with Crippen molar-refractivity contribution >= 4 is 11.6 Å². The van der Waals surface area contributed by atoms with Gasteiger partial charge < -0.3 is 11.1 Å². The molecule has 0 spiro atoms. The monoisotopic (exact) mass is 230 g/mol. The number of fused-ring (bicyclic) bond motifs is 1. The molecule has 2 rings (SSSR count). The zero-order valence-electron chi connectivity index (χ0n) is 9.37. The number of nitrogens with zero attached hydrogens (tertiary/aromatic N) is 4. The summed E-state index contributed by atoms with van der Waals surface area (Å²) >= 11 is 0. The Morgan fingerprint density at radius 1 is 1.53 bits per heavy atom. The number of guanidine groups is 1. The molecule has 0 aromatic carbocycles. The lowest BCUT2D eigenvalue weighted by molar-refractivity contribution is 0.829. The van der Waals surface area contributed by atoms with Crippen LogP contribution in [0, 0.1) is 0 Å². The van der Waals surface area contributed by atoms with Crippen LogP contribution in [0.4, 0.5) is 0 Å². The smallest absolute Gasteiger partial charge is 0.189 e. The summed E-state index contributed by atoms with van der Waals surface area (Å²) in [6.45, 7) is 4.64. The SMILES string of the molecule is C=CCNC(N)=NCc1ccnc2ccnn12. The zero-order valence-corrected chi connectivity index (χ0v) is 9.37. The molecule has 0 aliphatic rings. The fraction of sp³-hybridized carbons (Fsp3) is 0.182. The van der Waals surface area contributed by atoms with E-state index in [1.54, 1.807) is 23.0 Å². The highest BCUT2D eigenvalue weighted by Gasteiger charge is 2.00. The highest BCUT2D eigenvalue weighted by Crippen LogP contribution is 2.03. The molecule has 0 saturated carbocycles. The fourth-order valence-electron chi connectivity index (χ4n) is 1.40. The summed E-state index contributed by atoms with van der Waals surface area (Å²) < 4.78 is 1.74. The Morgan fingerprint density at radius 2 is 2.41 bits per heavy atom. The van der Waals surface area contributed by atoms with Gasteiger partial charge in [0.05, 0.1) is 18.4 Å². The van der Waals surface area contributed by atoms with Crippen LogP contribution >= 0.6 is 0 Å². The van der Waals surface area contributed by atoms with Crippen LogP contribution < -0.4 is 11.1 Å². The molecule has 2 aromatic heterocycles. The van der Waals surface area contributed by atoms with Crippen molar-refractivity contribution in [3.63, 3.8) is 0 Å². The normalized spacial score (nSPS) is 11.6. The number of nitrogens with two attached hydrogens (primary N) is 1. The van der Waals surface area contributed by atoms with Crippen molar-refractivity contribution in [2.45, 2.75) is 6.54 Å². The molecule has 6 nitrogen and oxygen atoms in total. The molecule has 0 aliphatic heterocycles. The second kappa shape index (κ2) is 5.11. The van der Waals surface area contributed by atoms with Gasteiger partial charge in [-0.25, -0.2) is 14.5 Å². The summed E-state index contributed by atoms with van der Waals surface area (Å²) in [7, 11) is 0. The third-order valence-electron chi connectivity index (χ3n) is 2.21. The van der Waals surface area contributed by atoms with Crippen LogP contribution in [0.3, 0.4) is 0 Å². The lowest BCUT2D eigenvalue weighted by Crippen LogP contribution is -2.31. The number of nitrogens with one attached hydrogen (secondary N) is 1. The Bertz CT molecular complexity index is 542. The standard InChI is InChI=1S/C11H14N6/c1-2-5-14-11(12)15-8-9-3-6-13-10-4-7-16-17(9)10/h2-4,6-7H,1,5,8H2,(H3,12,14,15). The molecular weight excluding hydrogens is 216 g/mol. The van der Waals surface area contributed by atoms with Crippen LogP contribution in [0.5, 0.6) is 0 Å². The van der Waals surface area contributed by atoms with E-state index in [9.17, 15) is 0 Å². The number of hydrogen-bond acceptors (Lipinski definition) is 3. The third-order valence-corrected chi connectivity index (χ3v) is 2.21. The second-order valence-corrected chi connectivity index (χ2v) is 3.41. The maximum Gasteiger partial charge on any atom is 0.189 e. The first-order valence-electron chi connectivity index (χ1n) is 5.23. The summed E-state index contributed by atoms with van der Waals surface area (Å²) in [5.74, 6) is 0.391. The Hall–Kier alpha value is -2.37. The molecule has 0 bridgehead atoms. The summed E-state index contributed by atoms with van der Waals surface area (Å²) in [6, 6.07) is 3.71. The van der Waals surface area contributed by atoms with Crippen LogP contribution in [0.2, 0.25) is 0 Å². The maximum atomic E-state index is 5.67. The van der Waals surface area contributed by atoms with Gasteiger partial charge in [0.2, 0.25) is 0 Å². The molecular formula is C11H14N6. The molecule has 2 aromatic rings. The van der Waals surface area contributed by atoms with Crippen molar-refractivity contribution in [2.75, 3.05) is 6.54 Å². The summed E-state index contributed by atoms with van der Waals surface area (Å²) in [4.78, 5) is 8.38. The molecule has 17 heavy (non-hydrogen) atoms. The average Bonchev–Trinajstić information content (AvgIpc) is 2.82. The van der Waals surface area contributed by atoms with Crippen LogP contribution in [0.1, 0.15) is 5.69 Å². The predicted octanol–water partition coefficient (Wildman–Crippen LogP) is 0.320. The van der Waals surface area contributed by atoms with Gasteiger partial charge in [-0.15, -0.1) is 6.58 Å². The first-order chi connectivity index (χ1) is 8.31. The van der Waals surface area contributed by atoms with Crippen molar-refractivity contribution in [2.24, 2.45) is 10.7 Å². The highest BCUT2D eigenvalue weighted by molar-refractivity contribution is 5.77. The molecule has 0 unspecified atom stereocenters. The van der Waals surface area contributed by atoms with E-state index in [1.165, 1.54) is 0 Å². The summed E-state index contributed by atoms with van der Waals surface area (Å²) in [5, 5.41) is 7.08. The molecule has 3 N–H and O–H groups in total. The van der Waals surface area contributed by atoms with Gasteiger partial charge in [-0.05, 0) is 6.07 Å². The minimum absolute atomic E-state index is 0.391. The molecule has 0 atom stereocenters. The number of hydrogen-bond donors (Lipinski definition) is 2. The zero-order chi connectivity index (χ0) is 12.1. The molecule has 0 saturated heterocycles. The number of aromatic nitrogens is 3. The molecule has 2 heterocycles. The minimum Gasteiger partial charge on any atom is -0.370 e. The van der Waals surface area contributed by atoms with Crippen molar-refractivity contribution in [1.29, 1.82) is 0 Å². The Kier molecular flexibility index (Phi) is 3.34. The first kappa shape index (κ1) is 11.1. The van der Waals surface area contributed by atoms with Crippen molar-refractivity contribution < 1.29 is 0 Å². The Morgan fingerprint density at radius 3 is 3.24 bits per heavy atom. The van der Waals surface area contributed by atoms with Gasteiger partial charge in [-0.2, -0.15) is 5.10 Å². The van der Waals surface area contributed by atoms with Crippen LogP contribution in [-0.2, 0) is 6.54 Å². The average molecular weight is 230 g/mol. The number of aliphatic imine (C=N–C) groups is 1. The van der Waals surface area contributed by atoms with E-state index < -0.39 is 0 Å². The lowest BCUT2D eigenvalue weighted by atomic mass is 10.4. The van der Waals surface area contributed by atoms with Crippen LogP contribution in [0.25, 0.3) is 5.65 Å². The van der Waals surface area contributed by atoms with Crippen LogP contribution in [-0.4, -0.2) is 27.1 Å². The second-order valence-electron chi connectivity index (χ2n) is 3.41. The predicted molar refractivity (Wildman–Crippen MR) is 66.5 cm³/mol. The largest absolute Gasteiger partial charge is 0.370 e.